The van der Waals surface area contributed by atoms with Crippen LogP contribution in [0.5, 0.6) is 0 Å². The first-order valence-electron chi connectivity index (χ1n) is 5.62. The van der Waals surface area contributed by atoms with E-state index in [4.69, 9.17) is 0 Å². The van der Waals surface area contributed by atoms with Gasteiger partial charge in [-0.05, 0) is 23.6 Å². The largest absolute Gasteiger partial charge is 0.371 e. The third-order valence-electron chi connectivity index (χ3n) is 2.30. The first-order chi connectivity index (χ1) is 8.75. The van der Waals surface area contributed by atoms with E-state index >= 15 is 0 Å². The average molecular weight is 262 g/mol. The molecule has 0 unspecified atom stereocenters. The van der Waals surface area contributed by atoms with Crippen LogP contribution >= 0.6 is 11.8 Å². The van der Waals surface area contributed by atoms with E-state index in [1.807, 2.05) is 12.3 Å². The van der Waals surface area contributed by atoms with Gasteiger partial charge in [-0.2, -0.15) is 5.48 Å². The minimum atomic E-state index is -0.322. The van der Waals surface area contributed by atoms with Crippen LogP contribution in [0, 0.1) is 0 Å². The summed E-state index contributed by atoms with van der Waals surface area (Å²) >= 11 is 1.71. The van der Waals surface area contributed by atoms with Gasteiger partial charge in [0, 0.05) is 41.9 Å². The molecule has 0 saturated heterocycles. The standard InChI is InChI=1S/C13H14N2O2S/c1-10(16)17-15-6-7-18-13-3-2-11-4-5-14-9-12(11)8-13/h2-5,8-9,15H,6-7H2,1H3. The second-order valence-corrected chi connectivity index (χ2v) is 4.89. The molecule has 0 saturated carbocycles. The predicted molar refractivity (Wildman–Crippen MR) is 72.2 cm³/mol. The molecular formula is C13H14N2O2S. The summed E-state index contributed by atoms with van der Waals surface area (Å²) in [7, 11) is 0. The van der Waals surface area contributed by atoms with E-state index in [2.05, 4.69) is 33.5 Å². The summed E-state index contributed by atoms with van der Waals surface area (Å²) in [6, 6.07) is 8.27. The number of nitrogens with one attached hydrogen (secondary N) is 1. The molecule has 2 rings (SSSR count). The Bertz CT molecular complexity index is 545. The van der Waals surface area contributed by atoms with Gasteiger partial charge in [-0.15, -0.1) is 11.8 Å². The Labute approximate surface area is 110 Å². The quantitative estimate of drug-likeness (QED) is 0.509. The maximum Gasteiger partial charge on any atom is 0.321 e. The molecule has 2 aromatic rings. The van der Waals surface area contributed by atoms with E-state index in [0.29, 0.717) is 6.54 Å². The maximum absolute atomic E-state index is 10.5. The summed E-state index contributed by atoms with van der Waals surface area (Å²) in [6.07, 6.45) is 3.65. The summed E-state index contributed by atoms with van der Waals surface area (Å²) in [5.74, 6) is 0.510. The number of hydroxylamine groups is 1. The highest BCUT2D eigenvalue weighted by molar-refractivity contribution is 7.99. The van der Waals surface area contributed by atoms with Crippen molar-refractivity contribution >= 4 is 28.5 Å². The summed E-state index contributed by atoms with van der Waals surface area (Å²) < 4.78 is 0. The van der Waals surface area contributed by atoms with Crippen LogP contribution in [0.1, 0.15) is 6.92 Å². The number of hydrogen-bond acceptors (Lipinski definition) is 5. The van der Waals surface area contributed by atoms with Crippen molar-refractivity contribution < 1.29 is 9.63 Å². The van der Waals surface area contributed by atoms with Gasteiger partial charge in [0.15, 0.2) is 0 Å². The summed E-state index contributed by atoms with van der Waals surface area (Å²) in [6.45, 7) is 1.99. The monoisotopic (exact) mass is 262 g/mol. The number of fused-ring (bicyclic) bond motifs is 1. The second kappa shape index (κ2) is 6.37. The zero-order valence-corrected chi connectivity index (χ0v) is 10.9. The lowest BCUT2D eigenvalue weighted by atomic mass is 10.2. The molecule has 4 nitrogen and oxygen atoms in total. The van der Waals surface area contributed by atoms with Gasteiger partial charge in [-0.25, -0.2) is 0 Å². The zero-order valence-electron chi connectivity index (χ0n) is 10.1. The van der Waals surface area contributed by atoms with Crippen molar-refractivity contribution in [3.05, 3.63) is 36.7 Å². The Balaban J connectivity index is 1.86. The zero-order chi connectivity index (χ0) is 12.8. The normalized spacial score (nSPS) is 10.5. The third-order valence-corrected chi connectivity index (χ3v) is 3.30. The highest BCUT2D eigenvalue weighted by Gasteiger charge is 1.98. The van der Waals surface area contributed by atoms with E-state index in [-0.39, 0.29) is 5.97 Å². The minimum Gasteiger partial charge on any atom is -0.371 e. The molecule has 1 aromatic carbocycles. The number of aromatic nitrogens is 1. The van der Waals surface area contributed by atoms with Gasteiger partial charge in [-0.1, -0.05) is 6.07 Å². The molecular weight excluding hydrogens is 248 g/mol. The first-order valence-corrected chi connectivity index (χ1v) is 6.61. The number of hydrogen-bond donors (Lipinski definition) is 1. The molecule has 0 bridgehead atoms. The summed E-state index contributed by atoms with van der Waals surface area (Å²) in [5.41, 5.74) is 2.61. The number of pyridine rings is 1. The molecule has 0 atom stereocenters. The summed E-state index contributed by atoms with van der Waals surface area (Å²) in [4.78, 5) is 20.4. The number of nitrogens with zero attached hydrogens (tertiary/aromatic N) is 1. The van der Waals surface area contributed by atoms with Gasteiger partial charge in [0.25, 0.3) is 0 Å². The van der Waals surface area contributed by atoms with Crippen molar-refractivity contribution in [3.8, 4) is 0 Å². The Morgan fingerprint density at radius 3 is 3.11 bits per heavy atom. The topological polar surface area (TPSA) is 51.2 Å². The minimum absolute atomic E-state index is 0.322. The van der Waals surface area contributed by atoms with E-state index in [1.54, 1.807) is 18.0 Å². The maximum atomic E-state index is 10.5. The van der Waals surface area contributed by atoms with Crippen LogP contribution < -0.4 is 5.48 Å². The fourth-order valence-corrected chi connectivity index (χ4v) is 2.31. The number of carbonyl (C=O) groups is 1. The number of thioether (sulfide) groups is 1. The van der Waals surface area contributed by atoms with Crippen LogP contribution in [0.4, 0.5) is 0 Å². The predicted octanol–water partition coefficient (Wildman–Crippen LogP) is 2.39. The van der Waals surface area contributed by atoms with Gasteiger partial charge in [-0.3, -0.25) is 9.78 Å². The number of rotatable bonds is 5. The second-order valence-electron chi connectivity index (χ2n) is 3.72. The lowest BCUT2D eigenvalue weighted by Gasteiger charge is -2.04. The van der Waals surface area contributed by atoms with Crippen LogP contribution in [0.3, 0.4) is 0 Å². The van der Waals surface area contributed by atoms with Crippen LogP contribution in [-0.2, 0) is 9.63 Å². The molecule has 0 aliphatic heterocycles. The fraction of sp³-hybridized carbons (Fsp3) is 0.231. The molecule has 94 valence electrons. The highest BCUT2D eigenvalue weighted by Crippen LogP contribution is 2.22. The van der Waals surface area contributed by atoms with Gasteiger partial charge in [0.2, 0.25) is 0 Å². The van der Waals surface area contributed by atoms with Gasteiger partial charge in [0.1, 0.15) is 0 Å². The molecule has 1 N–H and O–H groups in total. The van der Waals surface area contributed by atoms with Crippen molar-refractivity contribution in [1.82, 2.24) is 10.5 Å². The van der Waals surface area contributed by atoms with Crippen LogP contribution in [0.2, 0.25) is 0 Å². The van der Waals surface area contributed by atoms with Gasteiger partial charge < -0.3 is 4.84 Å². The molecule has 0 aliphatic carbocycles. The lowest BCUT2D eigenvalue weighted by Crippen LogP contribution is -2.20. The highest BCUT2D eigenvalue weighted by atomic mass is 32.2. The van der Waals surface area contributed by atoms with Crippen molar-refractivity contribution in [3.63, 3.8) is 0 Å². The third kappa shape index (κ3) is 3.72. The van der Waals surface area contributed by atoms with E-state index < -0.39 is 0 Å². The molecule has 5 heteroatoms. The molecule has 0 radical (unpaired) electrons. The van der Waals surface area contributed by atoms with Crippen LogP contribution in [0.15, 0.2) is 41.6 Å². The van der Waals surface area contributed by atoms with E-state index in [0.717, 1.165) is 11.1 Å². The molecule has 1 aromatic heterocycles. The van der Waals surface area contributed by atoms with Gasteiger partial charge >= 0.3 is 5.97 Å². The molecule has 1 heterocycles. The molecule has 0 spiro atoms. The fourth-order valence-electron chi connectivity index (χ4n) is 1.52. The smallest absolute Gasteiger partial charge is 0.321 e. The average Bonchev–Trinajstić information content (AvgIpc) is 2.38. The Morgan fingerprint density at radius 1 is 1.39 bits per heavy atom. The van der Waals surface area contributed by atoms with Crippen molar-refractivity contribution in [2.45, 2.75) is 11.8 Å². The SMILES string of the molecule is CC(=O)ONCCSc1ccc2ccncc2c1. The van der Waals surface area contributed by atoms with Crippen molar-refractivity contribution in [2.24, 2.45) is 0 Å². The molecule has 18 heavy (non-hydrogen) atoms. The van der Waals surface area contributed by atoms with Crippen molar-refractivity contribution in [2.75, 3.05) is 12.3 Å². The first kappa shape index (κ1) is 12.9. The number of benzene rings is 1. The van der Waals surface area contributed by atoms with Crippen LogP contribution in [0.25, 0.3) is 10.8 Å². The molecule has 0 amide bonds. The number of carbonyl (C=O) groups excluding carboxylic acids is 1. The van der Waals surface area contributed by atoms with E-state index in [1.165, 1.54) is 17.2 Å². The Kier molecular flexibility index (Phi) is 4.55. The lowest BCUT2D eigenvalue weighted by molar-refractivity contribution is -0.148. The summed E-state index contributed by atoms with van der Waals surface area (Å²) in [5, 5.41) is 2.32. The Hall–Kier alpha value is -1.59. The van der Waals surface area contributed by atoms with Gasteiger partial charge in [0.05, 0.1) is 0 Å². The molecule has 0 fully saturated rings. The van der Waals surface area contributed by atoms with Crippen LogP contribution in [-0.4, -0.2) is 23.3 Å². The Morgan fingerprint density at radius 2 is 2.28 bits per heavy atom. The van der Waals surface area contributed by atoms with Crippen molar-refractivity contribution in [1.29, 1.82) is 0 Å². The molecule has 0 aliphatic rings. The van der Waals surface area contributed by atoms with E-state index in [9.17, 15) is 4.79 Å².